The Morgan fingerprint density at radius 3 is 2.85 bits per heavy atom. The molecule has 1 saturated carbocycles. The van der Waals surface area contributed by atoms with Crippen LogP contribution in [-0.2, 0) is 0 Å². The van der Waals surface area contributed by atoms with Crippen LogP contribution < -0.4 is 5.32 Å². The van der Waals surface area contributed by atoms with Gasteiger partial charge in [-0.2, -0.15) is 0 Å². The molecule has 1 aromatic rings. The molecule has 1 aliphatic carbocycles. The molecule has 0 radical (unpaired) electrons. The molecule has 1 aliphatic heterocycles. The van der Waals surface area contributed by atoms with Gasteiger partial charge >= 0.3 is 0 Å². The lowest BCUT2D eigenvalue weighted by Gasteiger charge is -2.20. The molecular formula is C14H18FN3O2. The van der Waals surface area contributed by atoms with Crippen molar-refractivity contribution in [2.24, 2.45) is 0 Å². The van der Waals surface area contributed by atoms with Crippen molar-refractivity contribution in [3.8, 4) is 0 Å². The number of anilines is 1. The van der Waals surface area contributed by atoms with E-state index >= 15 is 0 Å². The Hall–Kier alpha value is -1.69. The number of nitrogens with zero attached hydrogens (tertiary/aromatic N) is 2. The fraction of sp³-hybridized carbons (Fsp3) is 0.571. The summed E-state index contributed by atoms with van der Waals surface area (Å²) < 4.78 is 13.8. The number of nitro benzene ring substituents is 1. The first-order valence-corrected chi connectivity index (χ1v) is 7.01. The van der Waals surface area contributed by atoms with Gasteiger partial charge in [-0.15, -0.1) is 0 Å². The van der Waals surface area contributed by atoms with Gasteiger partial charge in [0.2, 0.25) is 0 Å². The Kier molecular flexibility index (Phi) is 3.33. The average Bonchev–Trinajstić information content (AvgIpc) is 3.16. The maximum Gasteiger partial charge on any atom is 0.295 e. The van der Waals surface area contributed by atoms with Gasteiger partial charge in [0.15, 0.2) is 5.82 Å². The molecular weight excluding hydrogens is 261 g/mol. The van der Waals surface area contributed by atoms with Crippen LogP contribution in [0.2, 0.25) is 0 Å². The van der Waals surface area contributed by atoms with Gasteiger partial charge in [-0.3, -0.25) is 15.0 Å². The highest BCUT2D eigenvalue weighted by Gasteiger charge is 2.39. The topological polar surface area (TPSA) is 58.4 Å². The van der Waals surface area contributed by atoms with Crippen molar-refractivity contribution >= 4 is 11.4 Å². The van der Waals surface area contributed by atoms with E-state index in [0.717, 1.165) is 13.0 Å². The van der Waals surface area contributed by atoms with E-state index in [1.807, 2.05) is 0 Å². The highest BCUT2D eigenvalue weighted by molar-refractivity contribution is 5.62. The predicted molar refractivity (Wildman–Crippen MR) is 74.3 cm³/mol. The minimum absolute atomic E-state index is 0.0207. The lowest BCUT2D eigenvalue weighted by molar-refractivity contribution is -0.384. The molecule has 0 bridgehead atoms. The Balaban J connectivity index is 1.76. The summed E-state index contributed by atoms with van der Waals surface area (Å²) in [6.07, 6.45) is 3.36. The number of halogens is 1. The van der Waals surface area contributed by atoms with E-state index in [1.165, 1.54) is 31.0 Å². The van der Waals surface area contributed by atoms with Crippen LogP contribution >= 0.6 is 0 Å². The van der Waals surface area contributed by atoms with Crippen molar-refractivity contribution in [2.45, 2.75) is 44.3 Å². The first-order chi connectivity index (χ1) is 9.56. The highest BCUT2D eigenvalue weighted by Crippen LogP contribution is 2.35. The molecule has 1 heterocycles. The second-order valence-electron chi connectivity index (χ2n) is 5.75. The zero-order valence-corrected chi connectivity index (χ0v) is 11.4. The molecule has 0 aromatic heterocycles. The van der Waals surface area contributed by atoms with Crippen LogP contribution in [0.15, 0.2) is 18.2 Å². The maximum absolute atomic E-state index is 13.8. The maximum atomic E-state index is 13.8. The second-order valence-corrected chi connectivity index (χ2v) is 5.75. The number of nitro groups is 1. The van der Waals surface area contributed by atoms with E-state index in [0.29, 0.717) is 12.1 Å². The van der Waals surface area contributed by atoms with Crippen LogP contribution in [-0.4, -0.2) is 34.5 Å². The summed E-state index contributed by atoms with van der Waals surface area (Å²) >= 11 is 0. The Bertz CT molecular complexity index is 533. The van der Waals surface area contributed by atoms with Crippen molar-refractivity contribution in [3.05, 3.63) is 34.1 Å². The van der Waals surface area contributed by atoms with Gasteiger partial charge in [0, 0.05) is 30.7 Å². The van der Waals surface area contributed by atoms with Crippen LogP contribution in [0.1, 0.15) is 26.2 Å². The monoisotopic (exact) mass is 279 g/mol. The average molecular weight is 279 g/mol. The van der Waals surface area contributed by atoms with Crippen LogP contribution in [0.3, 0.4) is 0 Å². The zero-order chi connectivity index (χ0) is 14.3. The zero-order valence-electron chi connectivity index (χ0n) is 11.4. The molecule has 1 saturated heterocycles. The lowest BCUT2D eigenvalue weighted by atomic mass is 10.1. The Morgan fingerprint density at radius 1 is 1.45 bits per heavy atom. The third-order valence-electron chi connectivity index (χ3n) is 4.18. The molecule has 2 atom stereocenters. The first-order valence-electron chi connectivity index (χ1n) is 7.01. The molecule has 0 amide bonds. The van der Waals surface area contributed by atoms with Gasteiger partial charge in [-0.1, -0.05) is 6.07 Å². The smallest absolute Gasteiger partial charge is 0.295 e. The van der Waals surface area contributed by atoms with Gasteiger partial charge in [0.1, 0.15) is 5.69 Å². The number of likely N-dealkylation sites (tertiary alicyclic amines) is 1. The third kappa shape index (κ3) is 2.47. The fourth-order valence-electron chi connectivity index (χ4n) is 3.09. The molecule has 5 nitrogen and oxygen atoms in total. The molecule has 2 fully saturated rings. The second kappa shape index (κ2) is 5.01. The number of rotatable bonds is 4. The number of hydrogen-bond acceptors (Lipinski definition) is 4. The van der Waals surface area contributed by atoms with Crippen LogP contribution in [0.4, 0.5) is 15.8 Å². The minimum Gasteiger partial charge on any atom is -0.373 e. The number of benzene rings is 1. The van der Waals surface area contributed by atoms with Gasteiger partial charge in [0.05, 0.1) is 4.92 Å². The van der Waals surface area contributed by atoms with E-state index < -0.39 is 10.7 Å². The molecule has 108 valence electrons. The largest absolute Gasteiger partial charge is 0.373 e. The van der Waals surface area contributed by atoms with E-state index in [4.69, 9.17) is 0 Å². The van der Waals surface area contributed by atoms with Gasteiger partial charge in [0.25, 0.3) is 5.69 Å². The van der Waals surface area contributed by atoms with Crippen LogP contribution in [0, 0.1) is 15.9 Å². The lowest BCUT2D eigenvalue weighted by Crippen LogP contribution is -2.31. The number of hydrogen-bond donors (Lipinski definition) is 1. The molecule has 2 aliphatic rings. The summed E-state index contributed by atoms with van der Waals surface area (Å²) in [6, 6.07) is 5.14. The normalized spacial score (nSPS) is 26.7. The first kappa shape index (κ1) is 13.3. The third-order valence-corrected chi connectivity index (χ3v) is 4.18. The molecule has 3 rings (SSSR count). The standard InChI is InChI=1S/C14H18FN3O2/c1-9-7-10(8-17(9)11-5-6-11)16-14-12(15)3-2-4-13(14)18(19)20/h2-4,9-11,16H,5-8H2,1H3. The molecule has 1 N–H and O–H groups in total. The molecule has 0 spiro atoms. The summed E-state index contributed by atoms with van der Waals surface area (Å²) in [5, 5.41) is 14.0. The summed E-state index contributed by atoms with van der Waals surface area (Å²) in [5.74, 6) is -0.559. The predicted octanol–water partition coefficient (Wildman–Crippen LogP) is 2.77. The van der Waals surface area contributed by atoms with Crippen LogP contribution in [0.5, 0.6) is 0 Å². The van der Waals surface area contributed by atoms with Crippen molar-refractivity contribution in [3.63, 3.8) is 0 Å². The summed E-state index contributed by atoms with van der Waals surface area (Å²) in [6.45, 7) is 2.99. The van der Waals surface area contributed by atoms with Gasteiger partial charge in [-0.05, 0) is 32.3 Å². The Morgan fingerprint density at radius 2 is 2.20 bits per heavy atom. The Labute approximate surface area is 116 Å². The molecule has 6 heteroatoms. The summed E-state index contributed by atoms with van der Waals surface area (Å²) in [5.41, 5.74) is -0.171. The summed E-state index contributed by atoms with van der Waals surface area (Å²) in [4.78, 5) is 12.9. The molecule has 20 heavy (non-hydrogen) atoms. The SMILES string of the molecule is CC1CC(Nc2c(F)cccc2[N+](=O)[O-])CN1C1CC1. The quantitative estimate of drug-likeness (QED) is 0.680. The van der Waals surface area contributed by atoms with Gasteiger partial charge in [-0.25, -0.2) is 4.39 Å². The molecule has 2 unspecified atom stereocenters. The molecule has 1 aromatic carbocycles. The van der Waals surface area contributed by atoms with Gasteiger partial charge < -0.3 is 5.32 Å². The van der Waals surface area contributed by atoms with E-state index in [9.17, 15) is 14.5 Å². The number of nitrogens with one attached hydrogen (secondary N) is 1. The highest BCUT2D eigenvalue weighted by atomic mass is 19.1. The minimum atomic E-state index is -0.559. The van der Waals surface area contributed by atoms with Crippen LogP contribution in [0.25, 0.3) is 0 Å². The fourth-order valence-corrected chi connectivity index (χ4v) is 3.09. The van der Waals surface area contributed by atoms with Crippen molar-refractivity contribution in [2.75, 3.05) is 11.9 Å². The van der Waals surface area contributed by atoms with E-state index in [-0.39, 0.29) is 17.4 Å². The number of para-hydroxylation sites is 1. The summed E-state index contributed by atoms with van der Waals surface area (Å²) in [7, 11) is 0. The van der Waals surface area contributed by atoms with Crippen molar-refractivity contribution in [1.29, 1.82) is 0 Å². The van der Waals surface area contributed by atoms with Crippen molar-refractivity contribution < 1.29 is 9.31 Å². The van der Waals surface area contributed by atoms with E-state index in [1.54, 1.807) is 0 Å². The van der Waals surface area contributed by atoms with Crippen molar-refractivity contribution in [1.82, 2.24) is 4.90 Å². The van der Waals surface area contributed by atoms with E-state index in [2.05, 4.69) is 17.1 Å².